The molecule has 1 aromatic carbocycles. The molecule has 2 N–H and O–H groups in total. The standard InChI is InChI=1S/C18H26N2O4/c1-5-22-15-9-18(19,17(15,2)3)16(21)20(4)10-12-6-7-13-14(8-12)24-11-23-13/h6-8,15H,5,9-11,19H2,1-4H3. The van der Waals surface area contributed by atoms with Gasteiger partial charge in [-0.2, -0.15) is 0 Å². The fourth-order valence-corrected chi connectivity index (χ4v) is 3.52. The smallest absolute Gasteiger partial charge is 0.243 e. The van der Waals surface area contributed by atoms with Gasteiger partial charge in [0, 0.05) is 32.0 Å². The minimum Gasteiger partial charge on any atom is -0.454 e. The van der Waals surface area contributed by atoms with E-state index in [1.807, 2.05) is 39.0 Å². The summed E-state index contributed by atoms with van der Waals surface area (Å²) in [6.07, 6.45) is 0.577. The summed E-state index contributed by atoms with van der Waals surface area (Å²) in [6, 6.07) is 5.71. The van der Waals surface area contributed by atoms with Gasteiger partial charge in [0.05, 0.1) is 6.10 Å². The van der Waals surface area contributed by atoms with E-state index in [4.69, 9.17) is 19.9 Å². The lowest BCUT2D eigenvalue weighted by atomic mass is 9.54. The number of ether oxygens (including phenoxy) is 3. The second-order valence-electron chi connectivity index (χ2n) is 7.19. The number of amides is 1. The molecule has 0 bridgehead atoms. The first kappa shape index (κ1) is 17.0. The molecule has 1 aliphatic carbocycles. The topological polar surface area (TPSA) is 74.0 Å². The van der Waals surface area contributed by atoms with Crippen molar-refractivity contribution >= 4 is 5.91 Å². The summed E-state index contributed by atoms with van der Waals surface area (Å²) >= 11 is 0. The largest absolute Gasteiger partial charge is 0.454 e. The van der Waals surface area contributed by atoms with Crippen LogP contribution in [0, 0.1) is 5.41 Å². The average Bonchev–Trinajstić information content (AvgIpc) is 3.01. The second kappa shape index (κ2) is 5.93. The Balaban J connectivity index is 1.69. The maximum absolute atomic E-state index is 12.9. The summed E-state index contributed by atoms with van der Waals surface area (Å²) in [6.45, 7) is 7.31. The van der Waals surface area contributed by atoms with Gasteiger partial charge in [-0.15, -0.1) is 0 Å². The van der Waals surface area contributed by atoms with Crippen LogP contribution < -0.4 is 15.2 Å². The number of hydrogen-bond donors (Lipinski definition) is 1. The van der Waals surface area contributed by atoms with Crippen LogP contribution in [0.2, 0.25) is 0 Å². The quantitative estimate of drug-likeness (QED) is 0.890. The van der Waals surface area contributed by atoms with Crippen LogP contribution in [0.15, 0.2) is 18.2 Å². The normalized spacial score (nSPS) is 26.8. The van der Waals surface area contributed by atoms with Crippen molar-refractivity contribution in [3.8, 4) is 11.5 Å². The van der Waals surface area contributed by atoms with Gasteiger partial charge in [-0.1, -0.05) is 19.9 Å². The Morgan fingerprint density at radius 1 is 1.38 bits per heavy atom. The van der Waals surface area contributed by atoms with Gasteiger partial charge in [0.25, 0.3) is 0 Å². The minimum atomic E-state index is -0.891. The van der Waals surface area contributed by atoms with Crippen molar-refractivity contribution in [1.82, 2.24) is 4.90 Å². The van der Waals surface area contributed by atoms with Gasteiger partial charge in [0.2, 0.25) is 12.7 Å². The molecule has 0 aromatic heterocycles. The minimum absolute atomic E-state index is 0.0235. The van der Waals surface area contributed by atoms with Crippen molar-refractivity contribution in [3.63, 3.8) is 0 Å². The molecule has 6 heteroatoms. The Labute approximate surface area is 142 Å². The van der Waals surface area contributed by atoms with E-state index in [0.29, 0.717) is 19.6 Å². The molecule has 2 unspecified atom stereocenters. The number of hydrogen-bond acceptors (Lipinski definition) is 5. The lowest BCUT2D eigenvalue weighted by Gasteiger charge is -2.58. The maximum atomic E-state index is 12.9. The summed E-state index contributed by atoms with van der Waals surface area (Å²) in [7, 11) is 1.78. The molecular formula is C18H26N2O4. The number of carbonyl (C=O) groups is 1. The van der Waals surface area contributed by atoms with E-state index in [2.05, 4.69) is 0 Å². The van der Waals surface area contributed by atoms with E-state index in [9.17, 15) is 4.79 Å². The summed E-state index contributed by atoms with van der Waals surface area (Å²) in [5.41, 5.74) is 6.18. The molecule has 1 saturated carbocycles. The Morgan fingerprint density at radius 2 is 2.08 bits per heavy atom. The lowest BCUT2D eigenvalue weighted by Crippen LogP contribution is -2.75. The Hall–Kier alpha value is -1.79. The van der Waals surface area contributed by atoms with Crippen molar-refractivity contribution in [1.29, 1.82) is 0 Å². The SMILES string of the molecule is CCOC1CC(N)(C(=O)N(C)Cc2ccc3c(c2)OCO3)C1(C)C. The number of carbonyl (C=O) groups excluding carboxylic acids is 1. The van der Waals surface area contributed by atoms with Crippen LogP contribution in [-0.4, -0.2) is 42.9 Å². The van der Waals surface area contributed by atoms with Gasteiger partial charge in [-0.3, -0.25) is 4.79 Å². The predicted molar refractivity (Wildman–Crippen MR) is 89.8 cm³/mol. The van der Waals surface area contributed by atoms with Gasteiger partial charge < -0.3 is 24.8 Å². The highest BCUT2D eigenvalue weighted by molar-refractivity contribution is 5.88. The Morgan fingerprint density at radius 3 is 2.75 bits per heavy atom. The van der Waals surface area contributed by atoms with Crippen molar-refractivity contribution in [3.05, 3.63) is 23.8 Å². The molecule has 2 atom stereocenters. The van der Waals surface area contributed by atoms with Crippen LogP contribution >= 0.6 is 0 Å². The molecule has 2 aliphatic rings. The van der Waals surface area contributed by atoms with E-state index in [0.717, 1.165) is 17.1 Å². The molecular weight excluding hydrogens is 308 g/mol. The zero-order valence-corrected chi connectivity index (χ0v) is 14.8. The molecule has 6 nitrogen and oxygen atoms in total. The van der Waals surface area contributed by atoms with E-state index in [-0.39, 0.29) is 24.2 Å². The van der Waals surface area contributed by atoms with Gasteiger partial charge in [0.1, 0.15) is 5.54 Å². The molecule has 0 radical (unpaired) electrons. The molecule has 24 heavy (non-hydrogen) atoms. The number of nitrogens with two attached hydrogens (primary N) is 1. The molecule has 1 heterocycles. The fourth-order valence-electron chi connectivity index (χ4n) is 3.52. The van der Waals surface area contributed by atoms with Crippen LogP contribution in [0.1, 0.15) is 32.8 Å². The molecule has 1 amide bonds. The molecule has 0 saturated heterocycles. The third kappa shape index (κ3) is 2.54. The fraction of sp³-hybridized carbons (Fsp3) is 0.611. The summed E-state index contributed by atoms with van der Waals surface area (Å²) in [4.78, 5) is 14.6. The highest BCUT2D eigenvalue weighted by Gasteiger charge is 2.63. The Kier molecular flexibility index (Phi) is 4.21. The van der Waals surface area contributed by atoms with Crippen LogP contribution in [-0.2, 0) is 16.1 Å². The number of nitrogens with zero attached hydrogens (tertiary/aromatic N) is 1. The third-order valence-electron chi connectivity index (χ3n) is 5.42. The summed E-state index contributed by atoms with van der Waals surface area (Å²) < 4.78 is 16.4. The van der Waals surface area contributed by atoms with Gasteiger partial charge in [-0.05, 0) is 24.6 Å². The van der Waals surface area contributed by atoms with Crippen molar-refractivity contribution in [2.45, 2.75) is 45.4 Å². The van der Waals surface area contributed by atoms with Crippen molar-refractivity contribution < 1.29 is 19.0 Å². The third-order valence-corrected chi connectivity index (χ3v) is 5.42. The maximum Gasteiger partial charge on any atom is 0.243 e. The zero-order chi connectivity index (χ0) is 17.5. The monoisotopic (exact) mass is 334 g/mol. The summed E-state index contributed by atoms with van der Waals surface area (Å²) in [5, 5.41) is 0. The highest BCUT2D eigenvalue weighted by Crippen LogP contribution is 2.50. The number of likely N-dealkylation sites (N-methyl/N-ethyl adjacent to an activating group) is 1. The molecule has 0 spiro atoms. The molecule has 1 aliphatic heterocycles. The zero-order valence-electron chi connectivity index (χ0n) is 14.8. The number of fused-ring (bicyclic) bond motifs is 1. The van der Waals surface area contributed by atoms with Crippen LogP contribution in [0.5, 0.6) is 11.5 Å². The molecule has 1 aromatic rings. The van der Waals surface area contributed by atoms with Gasteiger partial charge in [-0.25, -0.2) is 0 Å². The first-order valence-electron chi connectivity index (χ1n) is 8.34. The predicted octanol–water partition coefficient (Wildman–Crippen LogP) is 1.91. The van der Waals surface area contributed by atoms with Gasteiger partial charge >= 0.3 is 0 Å². The van der Waals surface area contributed by atoms with Crippen LogP contribution in [0.25, 0.3) is 0 Å². The van der Waals surface area contributed by atoms with E-state index < -0.39 is 5.54 Å². The van der Waals surface area contributed by atoms with Gasteiger partial charge in [0.15, 0.2) is 11.5 Å². The van der Waals surface area contributed by atoms with E-state index in [1.165, 1.54) is 0 Å². The molecule has 1 fully saturated rings. The van der Waals surface area contributed by atoms with Crippen molar-refractivity contribution in [2.24, 2.45) is 11.1 Å². The van der Waals surface area contributed by atoms with Crippen molar-refractivity contribution in [2.75, 3.05) is 20.4 Å². The first-order chi connectivity index (χ1) is 11.3. The lowest BCUT2D eigenvalue weighted by molar-refractivity contribution is -0.178. The summed E-state index contributed by atoms with van der Waals surface area (Å²) in [5.74, 6) is 1.40. The number of rotatable bonds is 5. The highest BCUT2D eigenvalue weighted by atomic mass is 16.7. The molecule has 132 valence electrons. The second-order valence-corrected chi connectivity index (χ2v) is 7.19. The average molecular weight is 334 g/mol. The molecule has 3 rings (SSSR count). The Bertz CT molecular complexity index is 646. The number of benzene rings is 1. The van der Waals surface area contributed by atoms with Crippen LogP contribution in [0.4, 0.5) is 0 Å². The van der Waals surface area contributed by atoms with E-state index in [1.54, 1.807) is 11.9 Å². The first-order valence-corrected chi connectivity index (χ1v) is 8.34. The van der Waals surface area contributed by atoms with E-state index >= 15 is 0 Å². The van der Waals surface area contributed by atoms with Crippen LogP contribution in [0.3, 0.4) is 0 Å².